The first kappa shape index (κ1) is 14.8. The summed E-state index contributed by atoms with van der Waals surface area (Å²) < 4.78 is 0. The van der Waals surface area contributed by atoms with Crippen LogP contribution in [0.5, 0.6) is 5.75 Å². The number of nitrogens with two attached hydrogens (primary N) is 1. The topological polar surface area (TPSA) is 69.8 Å². The predicted octanol–water partition coefficient (Wildman–Crippen LogP) is 0.424. The van der Waals surface area contributed by atoms with Gasteiger partial charge in [-0.2, -0.15) is 0 Å². The summed E-state index contributed by atoms with van der Waals surface area (Å²) in [6, 6.07) is 6.68. The van der Waals surface area contributed by atoms with E-state index in [1.165, 1.54) is 0 Å². The van der Waals surface area contributed by atoms with Crippen LogP contribution in [0.2, 0.25) is 0 Å². The molecule has 1 aliphatic rings. The Morgan fingerprint density at radius 2 is 2.05 bits per heavy atom. The standard InChI is InChI=1S/C15H23N3O2/c1-11-10-18(8-7-17(11)2)15(20)14(16)9-12-3-5-13(19)6-4-12/h3-6,11,14,19H,7-10,16H2,1-2H3/t11?,14-/m1/s1. The first-order valence-electron chi connectivity index (χ1n) is 7.00. The van der Waals surface area contributed by atoms with Gasteiger partial charge in [0.05, 0.1) is 6.04 Å². The van der Waals surface area contributed by atoms with Crippen molar-refractivity contribution >= 4 is 5.91 Å². The Labute approximate surface area is 120 Å². The molecule has 1 aromatic carbocycles. The van der Waals surface area contributed by atoms with Gasteiger partial charge >= 0.3 is 0 Å². The van der Waals surface area contributed by atoms with Crippen LogP contribution in [0.15, 0.2) is 24.3 Å². The summed E-state index contributed by atoms with van der Waals surface area (Å²) in [4.78, 5) is 16.5. The Kier molecular flexibility index (Phi) is 4.62. The number of aromatic hydroxyl groups is 1. The van der Waals surface area contributed by atoms with Crippen LogP contribution in [-0.4, -0.2) is 59.6 Å². The maximum atomic E-state index is 12.4. The highest BCUT2D eigenvalue weighted by Crippen LogP contribution is 2.13. The lowest BCUT2D eigenvalue weighted by Crippen LogP contribution is -2.56. The summed E-state index contributed by atoms with van der Waals surface area (Å²) in [5.41, 5.74) is 6.99. The van der Waals surface area contributed by atoms with Crippen LogP contribution in [0, 0.1) is 0 Å². The van der Waals surface area contributed by atoms with Gasteiger partial charge in [-0.25, -0.2) is 0 Å². The number of piperazine rings is 1. The molecule has 0 aliphatic carbocycles. The normalized spacial score (nSPS) is 21.8. The zero-order valence-electron chi connectivity index (χ0n) is 12.1. The smallest absolute Gasteiger partial charge is 0.239 e. The number of phenols is 1. The SMILES string of the molecule is CC1CN(C(=O)[C@H](N)Cc2ccc(O)cc2)CCN1C. The van der Waals surface area contributed by atoms with E-state index in [2.05, 4.69) is 18.9 Å². The fourth-order valence-corrected chi connectivity index (χ4v) is 2.46. The van der Waals surface area contributed by atoms with Crippen molar-refractivity contribution in [2.45, 2.75) is 25.4 Å². The van der Waals surface area contributed by atoms with Crippen molar-refractivity contribution < 1.29 is 9.90 Å². The number of hydrogen-bond donors (Lipinski definition) is 2. The minimum absolute atomic E-state index is 0.0121. The summed E-state index contributed by atoms with van der Waals surface area (Å²) >= 11 is 0. The minimum atomic E-state index is -0.518. The molecule has 5 nitrogen and oxygen atoms in total. The molecule has 0 saturated carbocycles. The number of benzene rings is 1. The van der Waals surface area contributed by atoms with Crippen LogP contribution in [0.1, 0.15) is 12.5 Å². The van der Waals surface area contributed by atoms with E-state index in [0.29, 0.717) is 12.5 Å². The molecule has 0 radical (unpaired) electrons. The Balaban J connectivity index is 1.93. The van der Waals surface area contributed by atoms with E-state index >= 15 is 0 Å². The zero-order valence-corrected chi connectivity index (χ0v) is 12.1. The van der Waals surface area contributed by atoms with Crippen LogP contribution in [-0.2, 0) is 11.2 Å². The van der Waals surface area contributed by atoms with E-state index in [9.17, 15) is 9.90 Å². The third-order valence-corrected chi connectivity index (χ3v) is 3.98. The lowest BCUT2D eigenvalue weighted by atomic mass is 10.0. The van der Waals surface area contributed by atoms with Crippen molar-refractivity contribution in [3.05, 3.63) is 29.8 Å². The first-order chi connectivity index (χ1) is 9.47. The molecule has 110 valence electrons. The number of nitrogens with zero attached hydrogens (tertiary/aromatic N) is 2. The summed E-state index contributed by atoms with van der Waals surface area (Å²) in [6.07, 6.45) is 0.500. The second-order valence-electron chi connectivity index (χ2n) is 5.59. The van der Waals surface area contributed by atoms with E-state index in [1.54, 1.807) is 24.3 Å². The Bertz CT molecular complexity index is 461. The summed E-state index contributed by atoms with van der Waals surface area (Å²) in [5, 5.41) is 9.25. The fourth-order valence-electron chi connectivity index (χ4n) is 2.46. The van der Waals surface area contributed by atoms with Gasteiger partial charge in [-0.15, -0.1) is 0 Å². The monoisotopic (exact) mass is 277 g/mol. The van der Waals surface area contributed by atoms with Crippen LogP contribution in [0.25, 0.3) is 0 Å². The van der Waals surface area contributed by atoms with Crippen molar-refractivity contribution in [1.29, 1.82) is 0 Å². The molecule has 0 aromatic heterocycles. The highest BCUT2D eigenvalue weighted by Gasteiger charge is 2.27. The van der Waals surface area contributed by atoms with Crippen molar-refractivity contribution in [3.8, 4) is 5.75 Å². The number of phenolic OH excluding ortho intramolecular Hbond substituents is 1. The van der Waals surface area contributed by atoms with Crippen LogP contribution >= 0.6 is 0 Å². The third-order valence-electron chi connectivity index (χ3n) is 3.98. The molecular weight excluding hydrogens is 254 g/mol. The largest absolute Gasteiger partial charge is 0.508 e. The molecule has 0 spiro atoms. The van der Waals surface area contributed by atoms with E-state index in [0.717, 1.165) is 25.2 Å². The first-order valence-corrected chi connectivity index (χ1v) is 7.00. The quantitative estimate of drug-likeness (QED) is 0.840. The average Bonchev–Trinajstić information content (AvgIpc) is 2.43. The molecule has 2 atom stereocenters. The van der Waals surface area contributed by atoms with Gasteiger partial charge in [-0.1, -0.05) is 12.1 Å². The van der Waals surface area contributed by atoms with Gasteiger partial charge in [0.25, 0.3) is 0 Å². The predicted molar refractivity (Wildman–Crippen MR) is 78.5 cm³/mol. The molecule has 1 heterocycles. The fraction of sp³-hybridized carbons (Fsp3) is 0.533. The molecule has 1 aromatic rings. The van der Waals surface area contributed by atoms with Gasteiger partial charge in [-0.05, 0) is 38.1 Å². The highest BCUT2D eigenvalue weighted by atomic mass is 16.3. The number of rotatable bonds is 3. The molecule has 5 heteroatoms. The van der Waals surface area contributed by atoms with Crippen molar-refractivity contribution in [2.24, 2.45) is 5.73 Å². The molecule has 0 bridgehead atoms. The van der Waals surface area contributed by atoms with E-state index in [4.69, 9.17) is 5.73 Å². The molecule has 1 fully saturated rings. The van der Waals surface area contributed by atoms with E-state index < -0.39 is 6.04 Å². The van der Waals surface area contributed by atoms with Gasteiger partial charge in [0.2, 0.25) is 5.91 Å². The molecule has 1 aliphatic heterocycles. The summed E-state index contributed by atoms with van der Waals surface area (Å²) in [6.45, 7) is 4.48. The van der Waals surface area contributed by atoms with Crippen molar-refractivity contribution in [2.75, 3.05) is 26.7 Å². The van der Waals surface area contributed by atoms with Gasteiger partial charge in [0.15, 0.2) is 0 Å². The Morgan fingerprint density at radius 3 is 2.65 bits per heavy atom. The molecule has 1 unspecified atom stereocenters. The van der Waals surface area contributed by atoms with Gasteiger partial charge < -0.3 is 20.6 Å². The summed E-state index contributed by atoms with van der Waals surface area (Å²) in [7, 11) is 2.07. The Hall–Kier alpha value is -1.59. The number of hydrogen-bond acceptors (Lipinski definition) is 4. The Morgan fingerprint density at radius 1 is 1.40 bits per heavy atom. The second kappa shape index (κ2) is 6.24. The van der Waals surface area contributed by atoms with Crippen LogP contribution < -0.4 is 5.73 Å². The van der Waals surface area contributed by atoms with Gasteiger partial charge in [0.1, 0.15) is 5.75 Å². The van der Waals surface area contributed by atoms with Gasteiger partial charge in [0, 0.05) is 25.7 Å². The lowest BCUT2D eigenvalue weighted by Gasteiger charge is -2.38. The maximum Gasteiger partial charge on any atom is 0.239 e. The third kappa shape index (κ3) is 3.49. The van der Waals surface area contributed by atoms with Crippen molar-refractivity contribution in [3.63, 3.8) is 0 Å². The second-order valence-corrected chi connectivity index (χ2v) is 5.59. The molecule has 1 amide bonds. The lowest BCUT2D eigenvalue weighted by molar-refractivity contribution is -0.135. The maximum absolute atomic E-state index is 12.4. The molecule has 20 heavy (non-hydrogen) atoms. The van der Waals surface area contributed by atoms with Crippen molar-refractivity contribution in [1.82, 2.24) is 9.80 Å². The number of carbonyl (C=O) groups excluding carboxylic acids is 1. The van der Waals surface area contributed by atoms with Gasteiger partial charge in [-0.3, -0.25) is 4.79 Å². The molecule has 2 rings (SSSR count). The van der Waals surface area contributed by atoms with Crippen LogP contribution in [0.3, 0.4) is 0 Å². The number of amides is 1. The highest BCUT2D eigenvalue weighted by molar-refractivity contribution is 5.82. The molecular formula is C15H23N3O2. The summed E-state index contributed by atoms with van der Waals surface area (Å²) in [5.74, 6) is 0.236. The minimum Gasteiger partial charge on any atom is -0.508 e. The van der Waals surface area contributed by atoms with Crippen LogP contribution in [0.4, 0.5) is 0 Å². The zero-order chi connectivity index (χ0) is 14.7. The van der Waals surface area contributed by atoms with E-state index in [1.807, 2.05) is 4.90 Å². The molecule has 1 saturated heterocycles. The number of carbonyl (C=O) groups is 1. The molecule has 3 N–H and O–H groups in total. The van der Waals surface area contributed by atoms with E-state index in [-0.39, 0.29) is 11.7 Å². The average molecular weight is 277 g/mol. The number of likely N-dealkylation sites (N-methyl/N-ethyl adjacent to an activating group) is 1.